The molecule has 1 aromatic carbocycles. The predicted molar refractivity (Wildman–Crippen MR) is 142 cm³/mol. The van der Waals surface area contributed by atoms with E-state index in [-0.39, 0.29) is 29.2 Å². The van der Waals surface area contributed by atoms with Gasteiger partial charge < -0.3 is 26.4 Å². The van der Waals surface area contributed by atoms with E-state index in [9.17, 15) is 18.0 Å². The Morgan fingerprint density at radius 1 is 1.27 bits per heavy atom. The van der Waals surface area contributed by atoms with Crippen molar-refractivity contribution >= 4 is 33.5 Å². The number of esters is 1. The lowest BCUT2D eigenvalue weighted by atomic mass is 9.92. The molecule has 0 aliphatic carbocycles. The number of rotatable bonds is 11. The number of aliphatic imine (C=N–C) groups is 1. The van der Waals surface area contributed by atoms with Crippen LogP contribution in [0.5, 0.6) is 0 Å². The number of nitrogens with two attached hydrogens (primary N) is 2. The highest BCUT2D eigenvalue weighted by molar-refractivity contribution is 7.89. The Morgan fingerprint density at radius 3 is 2.68 bits per heavy atom. The van der Waals surface area contributed by atoms with Gasteiger partial charge in [0.15, 0.2) is 5.96 Å². The Balaban J connectivity index is 1.72. The van der Waals surface area contributed by atoms with Crippen molar-refractivity contribution in [2.24, 2.45) is 28.3 Å². The fraction of sp³-hybridized carbons (Fsp3) is 0.640. The fourth-order valence-corrected chi connectivity index (χ4v) is 6.42. The van der Waals surface area contributed by atoms with Gasteiger partial charge in [-0.1, -0.05) is 19.1 Å². The quantitative estimate of drug-likeness (QED) is 0.141. The third kappa shape index (κ3) is 8.06. The van der Waals surface area contributed by atoms with Gasteiger partial charge >= 0.3 is 5.97 Å². The van der Waals surface area contributed by atoms with Gasteiger partial charge in [-0.25, -0.2) is 8.42 Å². The summed E-state index contributed by atoms with van der Waals surface area (Å²) in [4.78, 5) is 30.8. The molecule has 1 unspecified atom stereocenters. The van der Waals surface area contributed by atoms with E-state index >= 15 is 0 Å². The van der Waals surface area contributed by atoms with E-state index in [2.05, 4.69) is 22.0 Å². The monoisotopic (exact) mass is 536 g/mol. The van der Waals surface area contributed by atoms with Gasteiger partial charge in [0, 0.05) is 32.6 Å². The number of nitrogens with one attached hydrogen (secondary N) is 2. The molecule has 12 heteroatoms. The number of nitrogens with zero attached hydrogens (tertiary/aromatic N) is 2. The van der Waals surface area contributed by atoms with Gasteiger partial charge in [-0.05, 0) is 62.0 Å². The predicted octanol–water partition coefficient (Wildman–Crippen LogP) is 1.18. The minimum absolute atomic E-state index is 0.0475. The lowest BCUT2D eigenvalue weighted by Gasteiger charge is -2.34. The number of benzene rings is 1. The van der Waals surface area contributed by atoms with E-state index in [1.54, 1.807) is 17.0 Å². The maximum atomic E-state index is 13.5. The van der Waals surface area contributed by atoms with Crippen LogP contribution < -0.4 is 21.5 Å². The van der Waals surface area contributed by atoms with Crippen LogP contribution in [-0.4, -0.2) is 70.5 Å². The molecule has 2 aliphatic rings. The molecule has 37 heavy (non-hydrogen) atoms. The molecular weight excluding hydrogens is 496 g/mol. The molecule has 206 valence electrons. The number of carbonyl (C=O) groups excluding carboxylic acids is 2. The molecule has 2 heterocycles. The standard InChI is InChI=1S/C25H40N6O5S/c1-17-15-19-5-3-7-21(23(19)29-16-17)37(34,35)30-20(6-4-12-28-25(26)27)24(33)31-13-10-18(11-14-31)8-9-22(32)36-2/h3,5,7,17-18,20,29-30H,4,6,8-16H2,1-2H3,(H4,26,27,28)/t17?,20-/m0/s1. The number of carbonyl (C=O) groups is 2. The maximum absolute atomic E-state index is 13.5. The first-order chi connectivity index (χ1) is 17.6. The summed E-state index contributed by atoms with van der Waals surface area (Å²) >= 11 is 0. The summed E-state index contributed by atoms with van der Waals surface area (Å²) < 4.78 is 34.4. The number of guanidine groups is 1. The van der Waals surface area contributed by atoms with E-state index < -0.39 is 16.1 Å². The van der Waals surface area contributed by atoms with E-state index in [1.165, 1.54) is 7.11 Å². The van der Waals surface area contributed by atoms with E-state index in [4.69, 9.17) is 16.2 Å². The Labute approximate surface area is 219 Å². The van der Waals surface area contributed by atoms with Crippen molar-refractivity contribution in [3.05, 3.63) is 23.8 Å². The highest BCUT2D eigenvalue weighted by atomic mass is 32.2. The van der Waals surface area contributed by atoms with Gasteiger partial charge in [-0.15, -0.1) is 0 Å². The first kappa shape index (κ1) is 28.7. The summed E-state index contributed by atoms with van der Waals surface area (Å²) in [6.45, 7) is 4.11. The molecule has 0 aromatic heterocycles. The molecular formula is C25H40N6O5S. The van der Waals surface area contributed by atoms with Gasteiger partial charge in [0.05, 0.1) is 12.8 Å². The van der Waals surface area contributed by atoms with Crippen LogP contribution in [-0.2, 0) is 30.8 Å². The van der Waals surface area contributed by atoms with Gasteiger partial charge in [0.25, 0.3) is 0 Å². The second-order valence-electron chi connectivity index (χ2n) is 9.99. The van der Waals surface area contributed by atoms with Gasteiger partial charge in [0.2, 0.25) is 15.9 Å². The third-order valence-corrected chi connectivity index (χ3v) is 8.56. The van der Waals surface area contributed by atoms with Gasteiger partial charge in [0.1, 0.15) is 10.9 Å². The molecule has 6 N–H and O–H groups in total. The summed E-state index contributed by atoms with van der Waals surface area (Å²) in [7, 11) is -2.61. The van der Waals surface area contributed by atoms with E-state index in [1.807, 2.05) is 6.07 Å². The second kappa shape index (κ2) is 13.1. The number of methoxy groups -OCH3 is 1. The number of fused-ring (bicyclic) bond motifs is 1. The van der Waals surface area contributed by atoms with Crippen LogP contribution in [0.1, 0.15) is 51.0 Å². The van der Waals surface area contributed by atoms with Gasteiger partial charge in [-0.3, -0.25) is 14.6 Å². The summed E-state index contributed by atoms with van der Waals surface area (Å²) in [6.07, 6.45) is 4.07. The normalized spacial score (nSPS) is 18.9. The zero-order valence-electron chi connectivity index (χ0n) is 21.7. The average molecular weight is 537 g/mol. The lowest BCUT2D eigenvalue weighted by Crippen LogP contribution is -2.50. The SMILES string of the molecule is COC(=O)CCC1CCN(C(=O)[C@H](CCCN=C(N)N)NS(=O)(=O)c2cccc3c2NCC(C)C3)CC1. The number of ether oxygens (including phenoxy) is 1. The molecule has 1 saturated heterocycles. The van der Waals surface area contributed by atoms with Crippen molar-refractivity contribution in [2.45, 2.75) is 62.8 Å². The molecule has 1 amide bonds. The second-order valence-corrected chi connectivity index (χ2v) is 11.7. The van der Waals surface area contributed by atoms with Crippen LogP contribution in [0.25, 0.3) is 0 Å². The largest absolute Gasteiger partial charge is 0.469 e. The molecule has 2 atom stereocenters. The maximum Gasteiger partial charge on any atom is 0.305 e. The number of amides is 1. The smallest absolute Gasteiger partial charge is 0.305 e. The highest BCUT2D eigenvalue weighted by Crippen LogP contribution is 2.31. The van der Waals surface area contributed by atoms with Crippen molar-refractivity contribution in [1.29, 1.82) is 0 Å². The van der Waals surface area contributed by atoms with Crippen molar-refractivity contribution in [3.8, 4) is 0 Å². The summed E-state index contributed by atoms with van der Waals surface area (Å²) in [6, 6.07) is 4.29. The number of likely N-dealkylation sites (tertiary alicyclic amines) is 1. The van der Waals surface area contributed by atoms with E-state index in [0.717, 1.165) is 24.8 Å². The van der Waals surface area contributed by atoms with Crippen molar-refractivity contribution < 1.29 is 22.7 Å². The minimum atomic E-state index is -3.98. The molecule has 3 rings (SSSR count). The van der Waals surface area contributed by atoms with Crippen molar-refractivity contribution in [2.75, 3.05) is 38.6 Å². The molecule has 0 radical (unpaired) electrons. The number of para-hydroxylation sites is 1. The first-order valence-electron chi connectivity index (χ1n) is 12.9. The Bertz CT molecular complexity index is 1080. The molecule has 0 saturated carbocycles. The van der Waals surface area contributed by atoms with Crippen LogP contribution in [0, 0.1) is 11.8 Å². The zero-order valence-corrected chi connectivity index (χ0v) is 22.6. The average Bonchev–Trinajstić information content (AvgIpc) is 2.88. The van der Waals surface area contributed by atoms with Crippen LogP contribution in [0.4, 0.5) is 5.69 Å². The van der Waals surface area contributed by atoms with Crippen LogP contribution in [0.3, 0.4) is 0 Å². The van der Waals surface area contributed by atoms with E-state index in [0.29, 0.717) is 63.0 Å². The highest BCUT2D eigenvalue weighted by Gasteiger charge is 2.33. The number of hydrogen-bond donors (Lipinski definition) is 4. The third-order valence-electron chi connectivity index (χ3n) is 7.05. The molecule has 0 bridgehead atoms. The topological polar surface area (TPSA) is 169 Å². The summed E-state index contributed by atoms with van der Waals surface area (Å²) in [5.41, 5.74) is 12.4. The Kier molecular flexibility index (Phi) is 10.2. The number of anilines is 1. The van der Waals surface area contributed by atoms with Crippen LogP contribution in [0.15, 0.2) is 28.1 Å². The minimum Gasteiger partial charge on any atom is -0.469 e. The first-order valence-corrected chi connectivity index (χ1v) is 14.4. The molecule has 0 spiro atoms. The Hall–Kier alpha value is -2.86. The Morgan fingerprint density at radius 2 is 2.00 bits per heavy atom. The zero-order chi connectivity index (χ0) is 27.0. The molecule has 11 nitrogen and oxygen atoms in total. The summed E-state index contributed by atoms with van der Waals surface area (Å²) in [5, 5.41) is 3.25. The fourth-order valence-electron chi connectivity index (χ4n) is 4.97. The lowest BCUT2D eigenvalue weighted by molar-refractivity contribution is -0.141. The van der Waals surface area contributed by atoms with Crippen molar-refractivity contribution in [1.82, 2.24) is 9.62 Å². The van der Waals surface area contributed by atoms with Crippen LogP contribution in [0.2, 0.25) is 0 Å². The molecule has 2 aliphatic heterocycles. The van der Waals surface area contributed by atoms with Crippen LogP contribution >= 0.6 is 0 Å². The number of sulfonamides is 1. The summed E-state index contributed by atoms with van der Waals surface area (Å²) in [5.74, 6) is 0.184. The molecule has 1 aromatic rings. The number of piperidine rings is 1. The van der Waals surface area contributed by atoms with Gasteiger partial charge in [-0.2, -0.15) is 4.72 Å². The number of hydrogen-bond acceptors (Lipinski definition) is 7. The molecule has 1 fully saturated rings. The van der Waals surface area contributed by atoms with Crippen molar-refractivity contribution in [3.63, 3.8) is 0 Å².